The van der Waals surface area contributed by atoms with Gasteiger partial charge in [-0.15, -0.1) is 6.58 Å². The van der Waals surface area contributed by atoms with Crippen molar-refractivity contribution in [3.8, 4) is 17.2 Å². The summed E-state index contributed by atoms with van der Waals surface area (Å²) in [6, 6.07) is 9.10. The summed E-state index contributed by atoms with van der Waals surface area (Å²) in [5.74, 6) is 2.15. The average Bonchev–Trinajstić information content (AvgIpc) is 3.23. The predicted octanol–water partition coefficient (Wildman–Crippen LogP) is 3.10. The zero-order chi connectivity index (χ0) is 42.3. The Morgan fingerprint density at radius 1 is 0.828 bits per heavy atom. The molecule has 14 heteroatoms. The molecule has 324 valence electrons. The maximum Gasteiger partial charge on any atom is 0.237 e. The maximum atomic E-state index is 12.5. The Balaban J connectivity index is 1.30. The van der Waals surface area contributed by atoms with Gasteiger partial charge in [0.05, 0.1) is 38.6 Å². The molecule has 14 nitrogen and oxygen atoms in total. The molecule has 0 saturated carbocycles. The third-order valence-electron chi connectivity index (χ3n) is 10.3. The van der Waals surface area contributed by atoms with Crippen LogP contribution in [0.3, 0.4) is 0 Å². The van der Waals surface area contributed by atoms with Crippen molar-refractivity contribution in [2.45, 2.75) is 127 Å². The maximum absolute atomic E-state index is 12.5. The molecule has 58 heavy (non-hydrogen) atoms. The van der Waals surface area contributed by atoms with E-state index in [1.165, 1.54) is 0 Å². The number of nitrogens with one attached hydrogen (secondary N) is 3. The van der Waals surface area contributed by atoms with Gasteiger partial charge in [0.15, 0.2) is 5.78 Å². The van der Waals surface area contributed by atoms with Crippen LogP contribution in [-0.4, -0.2) is 120 Å². The fourth-order valence-corrected chi connectivity index (χ4v) is 6.96. The van der Waals surface area contributed by atoms with Crippen molar-refractivity contribution in [3.05, 3.63) is 65.2 Å². The monoisotopic (exact) mass is 813 g/mol. The summed E-state index contributed by atoms with van der Waals surface area (Å²) in [6.07, 6.45) is 5.30. The minimum absolute atomic E-state index is 0.0831. The lowest BCUT2D eigenvalue weighted by molar-refractivity contribution is -0.127. The van der Waals surface area contributed by atoms with Gasteiger partial charge in [-0.05, 0) is 108 Å². The molecule has 0 saturated heterocycles. The van der Waals surface area contributed by atoms with Gasteiger partial charge in [-0.1, -0.05) is 25.5 Å². The molecule has 0 bridgehead atoms. The van der Waals surface area contributed by atoms with Gasteiger partial charge in [-0.3, -0.25) is 14.4 Å². The number of hydrogen-bond donors (Lipinski definition) is 8. The van der Waals surface area contributed by atoms with Crippen molar-refractivity contribution in [1.82, 2.24) is 16.0 Å². The number of hydrogen-bond acceptors (Lipinski definition) is 12. The molecule has 0 aromatic heterocycles. The van der Waals surface area contributed by atoms with E-state index >= 15 is 0 Å². The van der Waals surface area contributed by atoms with E-state index in [0.717, 1.165) is 84.4 Å². The first-order valence-corrected chi connectivity index (χ1v) is 20.9. The molecule has 2 aromatic carbocycles. The highest BCUT2D eigenvalue weighted by molar-refractivity contribution is 5.99. The number of unbranched alkanes of at least 4 members (excludes halogenated alkanes) is 3. The Kier molecular flexibility index (Phi) is 22.4. The molecule has 5 atom stereocenters. The second-order valence-electron chi connectivity index (χ2n) is 14.8. The molecule has 5 unspecified atom stereocenters. The Hall–Kier alpha value is -4.05. The van der Waals surface area contributed by atoms with Crippen molar-refractivity contribution in [2.75, 3.05) is 46.6 Å². The van der Waals surface area contributed by atoms with E-state index in [9.17, 15) is 34.8 Å². The summed E-state index contributed by atoms with van der Waals surface area (Å²) >= 11 is 0. The van der Waals surface area contributed by atoms with Crippen molar-refractivity contribution in [3.63, 3.8) is 0 Å². The van der Waals surface area contributed by atoms with Crippen LogP contribution in [0.1, 0.15) is 105 Å². The summed E-state index contributed by atoms with van der Waals surface area (Å²) in [6.45, 7) is 6.87. The Labute approximate surface area is 343 Å². The molecule has 0 aliphatic heterocycles. The van der Waals surface area contributed by atoms with E-state index in [1.54, 1.807) is 7.05 Å². The number of aliphatic hydroxyl groups is 5. The smallest absolute Gasteiger partial charge is 0.237 e. The van der Waals surface area contributed by atoms with Gasteiger partial charge in [0.2, 0.25) is 11.8 Å². The number of ketones is 1. The third-order valence-corrected chi connectivity index (χ3v) is 10.3. The third kappa shape index (κ3) is 15.6. The van der Waals surface area contributed by atoms with E-state index in [1.807, 2.05) is 36.4 Å². The lowest BCUT2D eigenvalue weighted by atomic mass is 9.86. The van der Waals surface area contributed by atoms with E-state index in [-0.39, 0.29) is 18.2 Å². The Bertz CT molecular complexity index is 1570. The van der Waals surface area contributed by atoms with Crippen LogP contribution in [-0.2, 0) is 28.9 Å². The number of fused-ring (bicyclic) bond motifs is 1. The number of aliphatic hydroxyl groups excluding tert-OH is 5. The van der Waals surface area contributed by atoms with Crippen LogP contribution in [0.25, 0.3) is 0 Å². The molecule has 2 aromatic rings. The fraction of sp³-hybridized carbons (Fsp3) is 0.614. The van der Waals surface area contributed by atoms with Crippen molar-refractivity contribution in [1.29, 1.82) is 0 Å². The zero-order valence-electron chi connectivity index (χ0n) is 34.4. The van der Waals surface area contributed by atoms with Crippen molar-refractivity contribution < 1.29 is 54.1 Å². The number of Topliss-reactive ketones (excluding diaryl/α,β-unsaturated/α-hetero) is 1. The molecule has 0 heterocycles. The molecule has 0 spiro atoms. The van der Waals surface area contributed by atoms with Crippen LogP contribution >= 0.6 is 0 Å². The standard InChI is InChI=1S/C44H67N3O11/c1-4-14-32-30-16-11-18-35(49)31(30)22-23-40(32)57-26-10-6-9-25-56-38-19-12-20-39(33(38)15-5-2)58-27-13-21-41(52)46-24-8-7-17-34(45-3)44(55)47-28-36(50)42(53)43(54)37(51)29-48/h4,12,19-20,22-23,34,36-37,42-43,45,48,50-51,53-54H,1,5-11,13-18,21,24-29H2,2-3H3,(H,46,52)(H,47,55). The predicted molar refractivity (Wildman–Crippen MR) is 221 cm³/mol. The van der Waals surface area contributed by atoms with Gasteiger partial charge >= 0.3 is 0 Å². The lowest BCUT2D eigenvalue weighted by Crippen LogP contribution is -2.51. The van der Waals surface area contributed by atoms with Crippen LogP contribution in [0.15, 0.2) is 43.0 Å². The van der Waals surface area contributed by atoms with Crippen molar-refractivity contribution >= 4 is 17.6 Å². The molecule has 1 aliphatic rings. The molecule has 0 radical (unpaired) electrons. The molecule has 2 amide bonds. The fourth-order valence-electron chi connectivity index (χ4n) is 6.96. The zero-order valence-corrected chi connectivity index (χ0v) is 34.4. The molecular weight excluding hydrogens is 746 g/mol. The first-order chi connectivity index (χ1) is 28.1. The van der Waals surface area contributed by atoms with Gasteiger partial charge in [0, 0.05) is 42.6 Å². The number of carbonyl (C=O) groups is 3. The van der Waals surface area contributed by atoms with E-state index in [0.29, 0.717) is 71.3 Å². The number of amides is 2. The highest BCUT2D eigenvalue weighted by atomic mass is 16.5. The van der Waals surface area contributed by atoms with Gasteiger partial charge < -0.3 is 55.7 Å². The molecule has 8 N–H and O–H groups in total. The quantitative estimate of drug-likeness (QED) is 0.0422. The second kappa shape index (κ2) is 26.9. The normalized spacial score (nSPS) is 15.1. The largest absolute Gasteiger partial charge is 0.493 e. The van der Waals surface area contributed by atoms with E-state index in [2.05, 4.69) is 29.5 Å². The number of allylic oxidation sites excluding steroid dienone is 1. The van der Waals surface area contributed by atoms with Crippen LogP contribution < -0.4 is 30.2 Å². The highest BCUT2D eigenvalue weighted by Crippen LogP contribution is 2.33. The lowest BCUT2D eigenvalue weighted by Gasteiger charge is -2.26. The number of benzene rings is 2. The van der Waals surface area contributed by atoms with Gasteiger partial charge in [-0.25, -0.2) is 0 Å². The van der Waals surface area contributed by atoms with Gasteiger partial charge in [0.25, 0.3) is 0 Å². The Morgan fingerprint density at radius 2 is 1.48 bits per heavy atom. The number of likely N-dealkylation sites (N-methyl/N-ethyl adjacent to an activating group) is 1. The number of rotatable bonds is 30. The van der Waals surface area contributed by atoms with Gasteiger partial charge in [-0.2, -0.15) is 0 Å². The summed E-state index contributed by atoms with van der Waals surface area (Å²) in [5, 5.41) is 56.3. The molecule has 0 fully saturated rings. The summed E-state index contributed by atoms with van der Waals surface area (Å²) < 4.78 is 18.5. The number of ether oxygens (including phenoxy) is 3. The summed E-state index contributed by atoms with van der Waals surface area (Å²) in [7, 11) is 1.62. The highest BCUT2D eigenvalue weighted by Gasteiger charge is 2.30. The minimum atomic E-state index is -1.77. The van der Waals surface area contributed by atoms with E-state index in [4.69, 9.17) is 19.3 Å². The second-order valence-corrected chi connectivity index (χ2v) is 14.8. The van der Waals surface area contributed by atoms with Crippen LogP contribution in [0.4, 0.5) is 0 Å². The Morgan fingerprint density at radius 3 is 2.12 bits per heavy atom. The number of carbonyl (C=O) groups excluding carboxylic acids is 3. The van der Waals surface area contributed by atoms with Gasteiger partial charge in [0.1, 0.15) is 35.6 Å². The topological polar surface area (TPSA) is 216 Å². The van der Waals surface area contributed by atoms with Crippen LogP contribution in [0.5, 0.6) is 17.2 Å². The van der Waals surface area contributed by atoms with Crippen LogP contribution in [0.2, 0.25) is 0 Å². The molecule has 3 rings (SSSR count). The first-order valence-electron chi connectivity index (χ1n) is 20.9. The minimum Gasteiger partial charge on any atom is -0.493 e. The SMILES string of the molecule is C=CCc1c(OCCCCCOc2cccc(OCCCC(=O)NCCCCC(NC)C(=O)NCC(O)C(O)C(O)C(O)CO)c2CCC)ccc2c1CCCC2=O. The van der Waals surface area contributed by atoms with Crippen molar-refractivity contribution in [2.24, 2.45) is 0 Å². The first kappa shape index (κ1) is 48.3. The summed E-state index contributed by atoms with van der Waals surface area (Å²) in [4.78, 5) is 37.4. The van der Waals surface area contributed by atoms with E-state index < -0.39 is 43.0 Å². The molecule has 1 aliphatic carbocycles. The molecular formula is C44H67N3O11. The van der Waals surface area contributed by atoms with Crippen LogP contribution in [0, 0.1) is 0 Å². The summed E-state index contributed by atoms with van der Waals surface area (Å²) in [5.41, 5.74) is 4.06. The average molecular weight is 814 g/mol.